The number of hydrogen-bond donors (Lipinski definition) is 2. The summed E-state index contributed by atoms with van der Waals surface area (Å²) in [6.07, 6.45) is 4.50. The van der Waals surface area contributed by atoms with Gasteiger partial charge in [-0.15, -0.1) is 0 Å². The van der Waals surface area contributed by atoms with Crippen molar-refractivity contribution in [2.45, 2.75) is 70.6 Å². The first-order valence-corrected chi connectivity index (χ1v) is 9.53. The van der Waals surface area contributed by atoms with Gasteiger partial charge in [0.05, 0.1) is 12.3 Å². The Hall–Kier alpha value is -1.09. The third-order valence-corrected chi connectivity index (χ3v) is 7.31. The number of aryl methyl sites for hydroxylation is 1. The summed E-state index contributed by atoms with van der Waals surface area (Å²) < 4.78 is 13.8. The maximum atomic E-state index is 13.8. The molecule has 0 spiro atoms. The second kappa shape index (κ2) is 5.72. The number of fused-ring (bicyclic) bond motifs is 5. The van der Waals surface area contributed by atoms with E-state index in [1.165, 1.54) is 11.1 Å². The molecule has 24 heavy (non-hydrogen) atoms. The molecule has 4 rings (SSSR count). The minimum atomic E-state index is -0.847. The normalized spacial score (nSPS) is 42.1. The van der Waals surface area contributed by atoms with Gasteiger partial charge in [-0.2, -0.15) is 0 Å². The third-order valence-electron chi connectivity index (χ3n) is 7.31. The highest BCUT2D eigenvalue weighted by atomic mass is 19.1. The number of phenols is 1. The van der Waals surface area contributed by atoms with Crippen LogP contribution in [-0.2, 0) is 6.42 Å². The molecule has 2 fully saturated rings. The van der Waals surface area contributed by atoms with Crippen LogP contribution in [0.25, 0.3) is 0 Å². The molecule has 0 aliphatic heterocycles. The standard InChI is InChI=1S/C21H29FO2/c1-12(22)9-18-19(24)11-21(2)8-7-16-15-6-4-14(23)10-13(15)3-5-17(16)20(18)21/h4,6,10,12,16-20,23-24H,3,5,7-9,11H2,1-2H3/t12?,16-,17-,18+,19-,20-,21-/m1/s1. The number of rotatable bonds is 2. The van der Waals surface area contributed by atoms with Gasteiger partial charge in [-0.25, -0.2) is 4.39 Å². The highest BCUT2D eigenvalue weighted by Crippen LogP contribution is 2.63. The van der Waals surface area contributed by atoms with Gasteiger partial charge in [-0.05, 0) is 97.8 Å². The van der Waals surface area contributed by atoms with Crippen molar-refractivity contribution in [1.29, 1.82) is 0 Å². The van der Waals surface area contributed by atoms with Crippen LogP contribution >= 0.6 is 0 Å². The van der Waals surface area contributed by atoms with Crippen LogP contribution in [0.3, 0.4) is 0 Å². The molecular weight excluding hydrogens is 303 g/mol. The van der Waals surface area contributed by atoms with Crippen molar-refractivity contribution in [3.05, 3.63) is 29.3 Å². The largest absolute Gasteiger partial charge is 0.508 e. The van der Waals surface area contributed by atoms with E-state index in [0.717, 1.165) is 32.1 Å². The van der Waals surface area contributed by atoms with Crippen molar-refractivity contribution in [3.8, 4) is 5.75 Å². The molecule has 2 saturated carbocycles. The zero-order valence-corrected chi connectivity index (χ0v) is 14.7. The third kappa shape index (κ3) is 2.47. The van der Waals surface area contributed by atoms with Crippen molar-refractivity contribution in [2.75, 3.05) is 0 Å². The number of benzene rings is 1. The Morgan fingerprint density at radius 2 is 2.12 bits per heavy atom. The van der Waals surface area contributed by atoms with E-state index in [2.05, 4.69) is 13.0 Å². The van der Waals surface area contributed by atoms with Crippen LogP contribution in [0.5, 0.6) is 5.75 Å². The van der Waals surface area contributed by atoms with E-state index in [-0.39, 0.29) is 17.4 Å². The van der Waals surface area contributed by atoms with Crippen molar-refractivity contribution in [1.82, 2.24) is 0 Å². The van der Waals surface area contributed by atoms with Gasteiger partial charge in [-0.1, -0.05) is 13.0 Å². The molecule has 0 amide bonds. The lowest BCUT2D eigenvalue weighted by molar-refractivity contribution is 0.0188. The molecule has 2 N–H and O–H groups in total. The van der Waals surface area contributed by atoms with Gasteiger partial charge in [0, 0.05) is 0 Å². The van der Waals surface area contributed by atoms with Gasteiger partial charge >= 0.3 is 0 Å². The van der Waals surface area contributed by atoms with E-state index >= 15 is 0 Å². The maximum Gasteiger partial charge on any atom is 0.115 e. The first-order chi connectivity index (χ1) is 11.4. The zero-order chi connectivity index (χ0) is 17.1. The molecule has 0 saturated heterocycles. The fourth-order valence-corrected chi connectivity index (χ4v) is 6.51. The van der Waals surface area contributed by atoms with Gasteiger partial charge in [0.25, 0.3) is 0 Å². The molecule has 3 aliphatic rings. The number of aromatic hydroxyl groups is 1. The minimum absolute atomic E-state index is 0.0986. The number of halogens is 1. The fourth-order valence-electron chi connectivity index (χ4n) is 6.51. The Morgan fingerprint density at radius 3 is 2.88 bits per heavy atom. The second-order valence-electron chi connectivity index (χ2n) is 8.86. The summed E-state index contributed by atoms with van der Waals surface area (Å²) in [5, 5.41) is 20.4. The summed E-state index contributed by atoms with van der Waals surface area (Å²) in [6.45, 7) is 3.95. The summed E-state index contributed by atoms with van der Waals surface area (Å²) in [4.78, 5) is 0. The van der Waals surface area contributed by atoms with Crippen molar-refractivity contribution >= 4 is 0 Å². The summed E-state index contributed by atoms with van der Waals surface area (Å²) in [5.41, 5.74) is 2.84. The Kier molecular flexibility index (Phi) is 3.91. The Labute approximate surface area is 144 Å². The summed E-state index contributed by atoms with van der Waals surface area (Å²) in [6, 6.07) is 5.83. The summed E-state index contributed by atoms with van der Waals surface area (Å²) in [5.74, 6) is 1.93. The topological polar surface area (TPSA) is 40.5 Å². The number of phenolic OH excluding ortho intramolecular Hbond substituents is 1. The van der Waals surface area contributed by atoms with E-state index in [9.17, 15) is 14.6 Å². The molecule has 0 radical (unpaired) electrons. The molecule has 0 aromatic heterocycles. The number of aliphatic hydroxyl groups excluding tert-OH is 1. The Morgan fingerprint density at radius 1 is 1.33 bits per heavy atom. The zero-order valence-electron chi connectivity index (χ0n) is 14.7. The lowest BCUT2D eigenvalue weighted by Crippen LogP contribution is -2.42. The average molecular weight is 332 g/mol. The van der Waals surface area contributed by atoms with Crippen molar-refractivity contribution < 1.29 is 14.6 Å². The van der Waals surface area contributed by atoms with Crippen LogP contribution < -0.4 is 0 Å². The molecule has 1 aromatic carbocycles. The summed E-state index contributed by atoms with van der Waals surface area (Å²) in [7, 11) is 0. The molecule has 1 aromatic rings. The average Bonchev–Trinajstić information content (AvgIpc) is 2.76. The van der Waals surface area contributed by atoms with Gasteiger partial charge < -0.3 is 10.2 Å². The summed E-state index contributed by atoms with van der Waals surface area (Å²) >= 11 is 0. The Balaban J connectivity index is 1.69. The number of hydrogen-bond acceptors (Lipinski definition) is 2. The number of alkyl halides is 1. The smallest absolute Gasteiger partial charge is 0.115 e. The minimum Gasteiger partial charge on any atom is -0.508 e. The number of aliphatic hydroxyl groups is 1. The van der Waals surface area contributed by atoms with Gasteiger partial charge in [0.1, 0.15) is 5.75 Å². The molecule has 132 valence electrons. The molecule has 3 aliphatic carbocycles. The highest BCUT2D eigenvalue weighted by Gasteiger charge is 2.57. The van der Waals surface area contributed by atoms with Crippen LogP contribution in [0.2, 0.25) is 0 Å². The van der Waals surface area contributed by atoms with Crippen LogP contribution in [-0.4, -0.2) is 22.5 Å². The molecule has 0 heterocycles. The van der Waals surface area contributed by atoms with E-state index in [4.69, 9.17) is 0 Å². The van der Waals surface area contributed by atoms with E-state index in [0.29, 0.717) is 29.9 Å². The van der Waals surface area contributed by atoms with E-state index in [1.54, 1.807) is 13.0 Å². The van der Waals surface area contributed by atoms with Crippen LogP contribution in [0, 0.1) is 23.2 Å². The maximum absolute atomic E-state index is 13.8. The van der Waals surface area contributed by atoms with Crippen LogP contribution in [0.15, 0.2) is 18.2 Å². The first-order valence-electron chi connectivity index (χ1n) is 9.53. The lowest BCUT2D eigenvalue weighted by atomic mass is 9.54. The van der Waals surface area contributed by atoms with E-state index in [1.807, 2.05) is 6.07 Å². The fraction of sp³-hybridized carbons (Fsp3) is 0.714. The molecule has 1 unspecified atom stereocenters. The van der Waals surface area contributed by atoms with Gasteiger partial charge in [0.15, 0.2) is 0 Å². The molecule has 3 heteroatoms. The predicted molar refractivity (Wildman–Crippen MR) is 92.8 cm³/mol. The van der Waals surface area contributed by atoms with Gasteiger partial charge in [0.2, 0.25) is 0 Å². The van der Waals surface area contributed by atoms with Crippen LogP contribution in [0.1, 0.15) is 63.0 Å². The molecule has 0 bridgehead atoms. The lowest BCUT2D eigenvalue weighted by Gasteiger charge is -2.50. The van der Waals surface area contributed by atoms with Crippen molar-refractivity contribution in [2.24, 2.45) is 23.2 Å². The molecule has 7 atom stereocenters. The highest BCUT2D eigenvalue weighted by molar-refractivity contribution is 5.40. The van der Waals surface area contributed by atoms with E-state index < -0.39 is 6.17 Å². The SMILES string of the molecule is CC(F)C[C@@H]1[C@H]2[C@@H]3CCc4cc(O)ccc4[C@H]3CC[C@]2(C)C[C@H]1O. The van der Waals surface area contributed by atoms with Gasteiger partial charge in [-0.3, -0.25) is 0 Å². The van der Waals surface area contributed by atoms with Crippen molar-refractivity contribution in [3.63, 3.8) is 0 Å². The monoisotopic (exact) mass is 332 g/mol. The Bertz CT molecular complexity index is 628. The first kappa shape index (κ1) is 16.4. The van der Waals surface area contributed by atoms with Crippen LogP contribution in [0.4, 0.5) is 4.39 Å². The molecule has 2 nitrogen and oxygen atoms in total. The second-order valence-corrected chi connectivity index (χ2v) is 8.86. The quantitative estimate of drug-likeness (QED) is 0.832. The molecular formula is C21H29FO2. The predicted octanol–water partition coefficient (Wildman–Crippen LogP) is 4.58.